The predicted molar refractivity (Wildman–Crippen MR) is 119 cm³/mol. The fourth-order valence-corrected chi connectivity index (χ4v) is 3.79. The molecule has 2 amide bonds. The predicted octanol–water partition coefficient (Wildman–Crippen LogP) is 3.75. The summed E-state index contributed by atoms with van der Waals surface area (Å²) in [5, 5.41) is 4.85. The molecule has 32 heavy (non-hydrogen) atoms. The topological polar surface area (TPSA) is 81.5 Å². The Hall–Kier alpha value is -3.71. The van der Waals surface area contributed by atoms with Gasteiger partial charge in [-0.05, 0) is 30.7 Å². The molecule has 7 nitrogen and oxygen atoms in total. The van der Waals surface area contributed by atoms with Gasteiger partial charge in [-0.3, -0.25) is 14.5 Å². The van der Waals surface area contributed by atoms with Gasteiger partial charge in [0.2, 0.25) is 0 Å². The second-order valence-corrected chi connectivity index (χ2v) is 7.60. The molecule has 2 aromatic carbocycles. The number of rotatable bonds is 7. The summed E-state index contributed by atoms with van der Waals surface area (Å²) < 4.78 is 6.83. The number of amides is 2. The van der Waals surface area contributed by atoms with Crippen molar-refractivity contribution in [3.8, 4) is 0 Å². The summed E-state index contributed by atoms with van der Waals surface area (Å²) in [4.78, 5) is 37.9. The summed E-state index contributed by atoms with van der Waals surface area (Å²) in [6.45, 7) is 2.20. The SMILES string of the molecule is Cc1nn(Cc2ccccc2)c(Cl)c1C=CC(=O)OCCN1C(=O)c2ccccc2C1=O. The molecule has 0 saturated carbocycles. The highest BCUT2D eigenvalue weighted by Crippen LogP contribution is 2.23. The molecule has 0 N–H and O–H groups in total. The van der Waals surface area contributed by atoms with Crippen molar-refractivity contribution in [2.24, 2.45) is 0 Å². The average molecular weight is 450 g/mol. The van der Waals surface area contributed by atoms with Crippen molar-refractivity contribution < 1.29 is 19.1 Å². The minimum absolute atomic E-state index is 0.0132. The van der Waals surface area contributed by atoms with E-state index in [1.54, 1.807) is 41.9 Å². The number of carbonyl (C=O) groups is 3. The molecule has 1 aromatic heterocycles. The fraction of sp³-hybridized carbons (Fsp3) is 0.167. The summed E-state index contributed by atoms with van der Waals surface area (Å²) in [5.41, 5.74) is 3.09. The lowest BCUT2D eigenvalue weighted by Gasteiger charge is -2.13. The molecule has 162 valence electrons. The molecule has 8 heteroatoms. The first-order chi connectivity index (χ1) is 15.5. The van der Waals surface area contributed by atoms with Gasteiger partial charge in [0.1, 0.15) is 11.8 Å². The van der Waals surface area contributed by atoms with Gasteiger partial charge in [0.15, 0.2) is 0 Å². The molecule has 0 bridgehead atoms. The van der Waals surface area contributed by atoms with E-state index in [-0.39, 0.29) is 25.0 Å². The Morgan fingerprint density at radius 3 is 2.31 bits per heavy atom. The molecule has 1 aliphatic heterocycles. The van der Waals surface area contributed by atoms with Crippen LogP contribution >= 0.6 is 11.6 Å². The maximum atomic E-state index is 12.3. The zero-order valence-corrected chi connectivity index (χ0v) is 18.1. The number of aromatic nitrogens is 2. The number of aryl methyl sites for hydroxylation is 1. The molecule has 4 rings (SSSR count). The molecule has 0 unspecified atom stereocenters. The van der Waals surface area contributed by atoms with Crippen LogP contribution in [0, 0.1) is 6.92 Å². The van der Waals surface area contributed by atoms with Crippen molar-refractivity contribution in [1.82, 2.24) is 14.7 Å². The smallest absolute Gasteiger partial charge is 0.330 e. The van der Waals surface area contributed by atoms with Crippen LogP contribution in [0.15, 0.2) is 60.7 Å². The van der Waals surface area contributed by atoms with E-state index in [0.29, 0.717) is 34.1 Å². The van der Waals surface area contributed by atoms with Crippen molar-refractivity contribution in [2.75, 3.05) is 13.2 Å². The zero-order valence-electron chi connectivity index (χ0n) is 17.3. The second kappa shape index (κ2) is 9.20. The molecule has 0 aliphatic carbocycles. The van der Waals surface area contributed by atoms with Crippen LogP contribution in [-0.2, 0) is 16.1 Å². The summed E-state index contributed by atoms with van der Waals surface area (Å²) in [7, 11) is 0. The minimum Gasteiger partial charge on any atom is -0.461 e. The van der Waals surface area contributed by atoms with Crippen LogP contribution < -0.4 is 0 Å². The van der Waals surface area contributed by atoms with Gasteiger partial charge in [-0.15, -0.1) is 0 Å². The number of carbonyl (C=O) groups excluding carboxylic acids is 3. The number of esters is 1. The van der Waals surface area contributed by atoms with Crippen molar-refractivity contribution in [1.29, 1.82) is 0 Å². The van der Waals surface area contributed by atoms with Crippen molar-refractivity contribution in [3.05, 3.63) is 93.8 Å². The molecule has 0 spiro atoms. The van der Waals surface area contributed by atoms with Gasteiger partial charge in [-0.25, -0.2) is 9.48 Å². The molecule has 1 aliphatic rings. The van der Waals surface area contributed by atoms with Crippen LogP contribution in [0.5, 0.6) is 0 Å². The molecule has 0 saturated heterocycles. The number of nitrogens with zero attached hydrogens (tertiary/aromatic N) is 3. The first-order valence-corrected chi connectivity index (χ1v) is 10.4. The van der Waals surface area contributed by atoms with Crippen molar-refractivity contribution >= 4 is 35.5 Å². The van der Waals surface area contributed by atoms with E-state index in [1.807, 2.05) is 30.3 Å². The number of ether oxygens (including phenoxy) is 1. The van der Waals surface area contributed by atoms with Gasteiger partial charge < -0.3 is 4.74 Å². The lowest BCUT2D eigenvalue weighted by atomic mass is 10.1. The number of halogens is 1. The number of hydrogen-bond donors (Lipinski definition) is 0. The summed E-state index contributed by atoms with van der Waals surface area (Å²) in [6, 6.07) is 16.4. The average Bonchev–Trinajstić information content (AvgIpc) is 3.20. The van der Waals surface area contributed by atoms with Crippen LogP contribution in [0.1, 0.15) is 37.5 Å². The number of fused-ring (bicyclic) bond motifs is 1. The highest BCUT2D eigenvalue weighted by Gasteiger charge is 2.34. The third-order valence-corrected chi connectivity index (χ3v) is 5.51. The van der Waals surface area contributed by atoms with E-state index in [2.05, 4.69) is 5.10 Å². The van der Waals surface area contributed by atoms with Gasteiger partial charge in [-0.2, -0.15) is 5.10 Å². The lowest BCUT2D eigenvalue weighted by molar-refractivity contribution is -0.137. The molecule has 2 heterocycles. The molecular weight excluding hydrogens is 430 g/mol. The molecule has 3 aromatic rings. The van der Waals surface area contributed by atoms with Crippen LogP contribution in [0.3, 0.4) is 0 Å². The fourth-order valence-electron chi connectivity index (χ4n) is 3.50. The first-order valence-electron chi connectivity index (χ1n) is 10.0. The third-order valence-electron chi connectivity index (χ3n) is 5.11. The first kappa shape index (κ1) is 21.5. The molecule has 0 fully saturated rings. The quantitative estimate of drug-likeness (QED) is 0.312. The van der Waals surface area contributed by atoms with Gasteiger partial charge in [0.25, 0.3) is 11.8 Å². The summed E-state index contributed by atoms with van der Waals surface area (Å²) >= 11 is 6.45. The molecule has 0 atom stereocenters. The van der Waals surface area contributed by atoms with E-state index >= 15 is 0 Å². The number of hydrogen-bond acceptors (Lipinski definition) is 5. The third kappa shape index (κ3) is 4.33. The van der Waals surface area contributed by atoms with Crippen LogP contribution in [0.25, 0.3) is 6.08 Å². The normalized spacial score (nSPS) is 13.1. The van der Waals surface area contributed by atoms with Crippen LogP contribution in [0.4, 0.5) is 0 Å². The maximum Gasteiger partial charge on any atom is 0.330 e. The highest BCUT2D eigenvalue weighted by atomic mass is 35.5. The van der Waals surface area contributed by atoms with E-state index in [0.717, 1.165) is 10.5 Å². The van der Waals surface area contributed by atoms with E-state index < -0.39 is 5.97 Å². The standard InChI is InChI=1S/C24H20ClN3O4/c1-16-18(22(25)28(26-16)15-17-7-3-2-4-8-17)11-12-21(29)32-14-13-27-23(30)19-9-5-6-10-20(19)24(27)31/h2-12H,13-15H2,1H3. The van der Waals surface area contributed by atoms with Gasteiger partial charge in [-0.1, -0.05) is 54.1 Å². The van der Waals surface area contributed by atoms with Gasteiger partial charge in [0.05, 0.1) is 29.9 Å². The Morgan fingerprint density at radius 1 is 1.03 bits per heavy atom. The highest BCUT2D eigenvalue weighted by molar-refractivity contribution is 6.31. The van der Waals surface area contributed by atoms with E-state index in [4.69, 9.17) is 16.3 Å². The summed E-state index contributed by atoms with van der Waals surface area (Å²) in [5.74, 6) is -1.37. The molecular formula is C24H20ClN3O4. The summed E-state index contributed by atoms with van der Waals surface area (Å²) in [6.07, 6.45) is 2.81. The second-order valence-electron chi connectivity index (χ2n) is 7.24. The van der Waals surface area contributed by atoms with Gasteiger partial charge >= 0.3 is 5.97 Å². The van der Waals surface area contributed by atoms with E-state index in [1.165, 1.54) is 6.08 Å². The number of imide groups is 1. The Labute approximate surface area is 189 Å². The van der Waals surface area contributed by atoms with Crippen LogP contribution in [0.2, 0.25) is 5.15 Å². The van der Waals surface area contributed by atoms with Crippen LogP contribution in [-0.4, -0.2) is 45.6 Å². The monoisotopic (exact) mass is 449 g/mol. The van der Waals surface area contributed by atoms with Crippen molar-refractivity contribution in [2.45, 2.75) is 13.5 Å². The Morgan fingerprint density at radius 2 is 1.66 bits per heavy atom. The van der Waals surface area contributed by atoms with E-state index in [9.17, 15) is 14.4 Å². The maximum absolute atomic E-state index is 12.3. The zero-order chi connectivity index (χ0) is 22.7. The largest absolute Gasteiger partial charge is 0.461 e. The Balaban J connectivity index is 1.33. The minimum atomic E-state index is -0.604. The number of benzene rings is 2. The Kier molecular flexibility index (Phi) is 6.18. The Bertz CT molecular complexity index is 1180. The lowest BCUT2D eigenvalue weighted by Crippen LogP contribution is -2.33. The molecule has 0 radical (unpaired) electrons. The van der Waals surface area contributed by atoms with Gasteiger partial charge in [0, 0.05) is 11.6 Å². The van der Waals surface area contributed by atoms with Crippen molar-refractivity contribution in [3.63, 3.8) is 0 Å².